The summed E-state index contributed by atoms with van der Waals surface area (Å²) in [4.78, 5) is 42.9. The number of halogens is 1. The zero-order chi connectivity index (χ0) is 43.9. The fourth-order valence-corrected chi connectivity index (χ4v) is 4.90. The molecule has 2 amide bonds. The summed E-state index contributed by atoms with van der Waals surface area (Å²) in [6.07, 6.45) is -0.421. The number of rotatable bonds is 19. The van der Waals surface area contributed by atoms with E-state index >= 15 is 0 Å². The number of amides is 2. The van der Waals surface area contributed by atoms with Crippen LogP contribution in [0.15, 0.2) is 0 Å². The van der Waals surface area contributed by atoms with Gasteiger partial charge in [-0.2, -0.15) is 0 Å². The minimum Gasteiger partial charge on any atom is -1.00 e. The van der Waals surface area contributed by atoms with Crippen LogP contribution in [0.5, 0.6) is 0 Å². The van der Waals surface area contributed by atoms with Crippen LogP contribution in [-0.4, -0.2) is 227 Å². The molecule has 3 fully saturated rings. The van der Waals surface area contributed by atoms with Gasteiger partial charge in [0.2, 0.25) is 0 Å². The minimum atomic E-state index is -0.437. The van der Waals surface area contributed by atoms with Crippen LogP contribution in [0, 0.1) is 0 Å². The quantitative estimate of drug-likeness (QED) is 0.0313. The van der Waals surface area contributed by atoms with Crippen molar-refractivity contribution in [3.63, 3.8) is 0 Å². The summed E-state index contributed by atoms with van der Waals surface area (Å²) in [6, 6.07) is 0. The molecule has 348 valence electrons. The molecule has 0 spiro atoms. The predicted molar refractivity (Wildman–Crippen MR) is 224 cm³/mol. The van der Waals surface area contributed by atoms with Gasteiger partial charge in [-0.3, -0.25) is 14.6 Å². The van der Waals surface area contributed by atoms with Gasteiger partial charge in [0.1, 0.15) is 11.2 Å². The molecule has 0 bridgehead atoms. The van der Waals surface area contributed by atoms with E-state index in [4.69, 9.17) is 47.9 Å². The molecular formula is C38H79BrK2N6O13. The summed E-state index contributed by atoms with van der Waals surface area (Å²) in [7, 11) is 3.33. The number of alkyl halides is 1. The van der Waals surface area contributed by atoms with Crippen LogP contribution >= 0.6 is 15.9 Å². The maximum absolute atomic E-state index is 12.0. The monoisotopic (exact) mass is 984 g/mol. The van der Waals surface area contributed by atoms with Gasteiger partial charge in [0, 0.05) is 106 Å². The van der Waals surface area contributed by atoms with E-state index in [-0.39, 0.29) is 128 Å². The van der Waals surface area contributed by atoms with E-state index in [2.05, 4.69) is 41.3 Å². The average Bonchev–Trinajstić information content (AvgIpc) is 3.21. The molecule has 22 heteroatoms. The first kappa shape index (κ1) is 67.9. The Morgan fingerprint density at radius 3 is 1.20 bits per heavy atom. The molecule has 3 aliphatic heterocycles. The average molecular weight is 986 g/mol. The van der Waals surface area contributed by atoms with Gasteiger partial charge in [-0.25, -0.2) is 9.59 Å². The molecule has 0 unspecified atom stereocenters. The third-order valence-corrected chi connectivity index (χ3v) is 7.75. The van der Waals surface area contributed by atoms with Gasteiger partial charge in [0.05, 0.1) is 66.1 Å². The van der Waals surface area contributed by atoms with E-state index in [1.165, 1.54) is 0 Å². The number of nitrogens with zero attached hydrogens (tertiary/aromatic N) is 4. The maximum Gasteiger partial charge on any atom is 1.00 e. The molecule has 2 N–H and O–H groups in total. The third kappa shape index (κ3) is 45.9. The molecule has 0 atom stereocenters. The number of hydrogen-bond acceptors (Lipinski definition) is 17. The second-order valence-corrected chi connectivity index (χ2v) is 14.7. The number of carbonyl (C=O) groups excluding carboxylic acids is 3. The standard InChI is InChI=1S/C16H32N2O5.C11H24N2O3.C9H18N2O2.CH3Br.CH2O3.2K.H/c1-16(2,3)23-15(19)18-7-5-17(6-8-18)9-10-21-13-14-22-12-11-20-4;1-14-8-9-16-11-10-15-7-6-13-4-2-12-3-5-13;1-9(2,3)13-8(12)11-6-4-10-5-7-11;1-2;2-1-4-3;;;/h5-14H2,1-4H3;12H,2-11H2,1H3;10H,4-7H2,1-3H3;1H3;1,3H;;;/q;;;;;2*+1;-1/p-1. The van der Waals surface area contributed by atoms with Crippen molar-refractivity contribution in [3.05, 3.63) is 0 Å². The molecule has 60 heavy (non-hydrogen) atoms. The van der Waals surface area contributed by atoms with Crippen LogP contribution in [-0.2, 0) is 47.6 Å². The van der Waals surface area contributed by atoms with Crippen LogP contribution < -0.4 is 119 Å². The van der Waals surface area contributed by atoms with Crippen molar-refractivity contribution in [3.8, 4) is 0 Å². The van der Waals surface area contributed by atoms with Crippen molar-refractivity contribution in [2.24, 2.45) is 0 Å². The fraction of sp³-hybridized carbons (Fsp3) is 0.921. The maximum atomic E-state index is 12.0. The van der Waals surface area contributed by atoms with Gasteiger partial charge in [-0.05, 0) is 47.4 Å². The zero-order valence-electron chi connectivity index (χ0n) is 40.0. The van der Waals surface area contributed by atoms with Crippen molar-refractivity contribution >= 4 is 34.6 Å². The van der Waals surface area contributed by atoms with Crippen molar-refractivity contribution in [1.29, 1.82) is 0 Å². The molecule has 3 saturated heterocycles. The third-order valence-electron chi connectivity index (χ3n) is 7.75. The second kappa shape index (κ2) is 46.8. The van der Waals surface area contributed by atoms with Crippen molar-refractivity contribution in [2.45, 2.75) is 52.7 Å². The Morgan fingerprint density at radius 1 is 0.567 bits per heavy atom. The number of nitrogens with one attached hydrogen (secondary N) is 2. The van der Waals surface area contributed by atoms with Gasteiger partial charge in [0.15, 0.2) is 0 Å². The van der Waals surface area contributed by atoms with E-state index in [0.717, 1.165) is 85.1 Å². The Hall–Kier alpha value is 1.32. The summed E-state index contributed by atoms with van der Waals surface area (Å²) >= 11 is 2.94. The largest absolute Gasteiger partial charge is 1.00 e. The normalized spacial score (nSPS) is 15.6. The van der Waals surface area contributed by atoms with Crippen molar-refractivity contribution in [1.82, 2.24) is 30.2 Å². The Labute approximate surface area is 456 Å². The van der Waals surface area contributed by atoms with Crippen LogP contribution in [0.4, 0.5) is 9.59 Å². The number of methoxy groups -OCH3 is 2. The van der Waals surface area contributed by atoms with Gasteiger partial charge in [-0.15, -0.1) is 0 Å². The molecule has 3 aliphatic rings. The summed E-state index contributed by atoms with van der Waals surface area (Å²) < 4.78 is 42.0. The van der Waals surface area contributed by atoms with Gasteiger partial charge in [-0.1, -0.05) is 15.9 Å². The van der Waals surface area contributed by atoms with E-state index in [1.807, 2.05) is 47.4 Å². The van der Waals surface area contributed by atoms with Gasteiger partial charge < -0.3 is 69.9 Å². The number of carbonyl (C=O) groups is 3. The molecule has 0 aromatic carbocycles. The second-order valence-electron chi connectivity index (χ2n) is 14.7. The molecule has 0 aromatic heterocycles. The van der Waals surface area contributed by atoms with Crippen LogP contribution in [0.25, 0.3) is 0 Å². The van der Waals surface area contributed by atoms with Crippen LogP contribution in [0.2, 0.25) is 0 Å². The van der Waals surface area contributed by atoms with Gasteiger partial charge in [0.25, 0.3) is 6.47 Å². The SMILES string of the molecule is CBr.CC(C)(C)OC(=O)N1CCNCC1.COCCOCCOCCN1CCN(C(=O)OC(C)(C)C)CC1.COCCOCCOCCN1CCNCC1.O=CO[O-].[H-].[K+].[K+]. The van der Waals surface area contributed by atoms with Crippen molar-refractivity contribution in [2.75, 3.05) is 178 Å². The molecule has 0 aromatic rings. The Kier molecular flexibility index (Phi) is 53.0. The molecule has 19 nitrogen and oxygen atoms in total. The molecule has 3 heterocycles. The van der Waals surface area contributed by atoms with Gasteiger partial charge >= 0.3 is 115 Å². The Balaban J connectivity index is -0.000000243. The first-order valence-corrected chi connectivity index (χ1v) is 21.6. The fourth-order valence-electron chi connectivity index (χ4n) is 4.90. The topological polar surface area (TPSA) is 194 Å². The van der Waals surface area contributed by atoms with Crippen LogP contribution in [0.1, 0.15) is 43.0 Å². The van der Waals surface area contributed by atoms with E-state index in [1.54, 1.807) is 24.0 Å². The van der Waals surface area contributed by atoms with E-state index < -0.39 is 5.60 Å². The Bertz CT molecular complexity index is 967. The van der Waals surface area contributed by atoms with E-state index in [9.17, 15) is 9.59 Å². The molecular weight excluding hydrogens is 907 g/mol. The molecule has 3 rings (SSSR count). The number of hydrogen-bond donors (Lipinski definition) is 2. The summed E-state index contributed by atoms with van der Waals surface area (Å²) in [6.45, 7) is 30.3. The first-order chi connectivity index (χ1) is 27.8. The zero-order valence-corrected chi connectivity index (χ0v) is 46.9. The number of ether oxygens (including phenoxy) is 8. The van der Waals surface area contributed by atoms with Crippen LogP contribution in [0.3, 0.4) is 0 Å². The van der Waals surface area contributed by atoms with Crippen molar-refractivity contribution < 1.29 is 167 Å². The smallest absolute Gasteiger partial charge is 1.00 e. The molecule has 0 radical (unpaired) electrons. The number of piperazine rings is 3. The predicted octanol–water partition coefficient (Wildman–Crippen LogP) is -4.82. The molecule has 0 aliphatic carbocycles. The summed E-state index contributed by atoms with van der Waals surface area (Å²) in [5.41, 5.74) is -0.824. The Morgan fingerprint density at radius 2 is 0.867 bits per heavy atom. The summed E-state index contributed by atoms with van der Waals surface area (Å²) in [5, 5.41) is 14.9. The summed E-state index contributed by atoms with van der Waals surface area (Å²) in [5.74, 6) is 1.81. The minimum absolute atomic E-state index is 0. The van der Waals surface area contributed by atoms with E-state index in [0.29, 0.717) is 72.6 Å². The molecule has 0 saturated carbocycles. The first-order valence-electron chi connectivity index (χ1n) is 20.0.